The first-order valence-electron chi connectivity index (χ1n) is 9.41. The number of nitrogens with zero attached hydrogens (tertiary/aromatic N) is 1. The first-order chi connectivity index (χ1) is 13.1. The number of amides is 2. The number of hydrogen-bond acceptors (Lipinski definition) is 5. The molecule has 0 saturated heterocycles. The van der Waals surface area contributed by atoms with Gasteiger partial charge < -0.3 is 20.1 Å². The predicted molar refractivity (Wildman–Crippen MR) is 106 cm³/mol. The number of alkyl carbamates (subject to hydrolysis) is 1. The molecule has 1 aromatic rings. The molecule has 0 aliphatic carbocycles. The third-order valence-corrected chi connectivity index (χ3v) is 3.57. The lowest BCUT2D eigenvalue weighted by Gasteiger charge is -2.24. The van der Waals surface area contributed by atoms with Crippen LogP contribution in [0.25, 0.3) is 0 Å². The Kier molecular flexibility index (Phi) is 9.46. The van der Waals surface area contributed by atoms with E-state index in [9.17, 15) is 14.9 Å². The average Bonchev–Trinajstić information content (AvgIpc) is 2.59. The summed E-state index contributed by atoms with van der Waals surface area (Å²) >= 11 is 0. The summed E-state index contributed by atoms with van der Waals surface area (Å²) in [6, 6.07) is 10.7. The van der Waals surface area contributed by atoms with Gasteiger partial charge in [0.2, 0.25) is 0 Å². The molecule has 2 unspecified atom stereocenters. The fourth-order valence-electron chi connectivity index (χ4n) is 2.35. The van der Waals surface area contributed by atoms with Crippen LogP contribution < -0.4 is 10.6 Å². The Bertz CT molecular complexity index is 662. The Morgan fingerprint density at radius 3 is 2.36 bits per heavy atom. The zero-order valence-corrected chi connectivity index (χ0v) is 17.3. The fraction of sp³-hybridized carbons (Fsp3) is 0.571. The largest absolute Gasteiger partial charge is 0.436 e. The van der Waals surface area contributed by atoms with Crippen LogP contribution >= 0.6 is 0 Å². The van der Waals surface area contributed by atoms with Gasteiger partial charge in [-0.25, -0.2) is 4.79 Å². The number of carbonyl (C=O) groups excluding carboxylic acids is 2. The Hall–Kier alpha value is -2.59. The van der Waals surface area contributed by atoms with Crippen molar-refractivity contribution in [2.45, 2.75) is 65.3 Å². The van der Waals surface area contributed by atoms with Crippen molar-refractivity contribution < 1.29 is 19.1 Å². The number of rotatable bonds is 9. The molecule has 0 heterocycles. The van der Waals surface area contributed by atoms with E-state index in [4.69, 9.17) is 9.47 Å². The van der Waals surface area contributed by atoms with Crippen molar-refractivity contribution in [3.8, 4) is 6.07 Å². The van der Waals surface area contributed by atoms with E-state index < -0.39 is 29.7 Å². The van der Waals surface area contributed by atoms with Crippen LogP contribution in [0.3, 0.4) is 0 Å². The number of nitrogens with one attached hydrogen (secondary N) is 2. The number of hydrogen-bond donors (Lipinski definition) is 2. The second-order valence-electron chi connectivity index (χ2n) is 8.09. The van der Waals surface area contributed by atoms with Crippen LogP contribution in [0.5, 0.6) is 0 Å². The van der Waals surface area contributed by atoms with E-state index >= 15 is 0 Å². The lowest BCUT2D eigenvalue weighted by Crippen LogP contribution is -2.48. The van der Waals surface area contributed by atoms with Crippen molar-refractivity contribution >= 4 is 12.0 Å². The smallest absolute Gasteiger partial charge is 0.408 e. The number of benzene rings is 1. The van der Waals surface area contributed by atoms with Crippen molar-refractivity contribution in [2.75, 3.05) is 6.61 Å². The molecule has 1 aromatic carbocycles. The monoisotopic (exact) mass is 389 g/mol. The summed E-state index contributed by atoms with van der Waals surface area (Å²) in [6.07, 6.45) is -1.29. The quantitative estimate of drug-likeness (QED) is 0.676. The Morgan fingerprint density at radius 1 is 1.18 bits per heavy atom. The first kappa shape index (κ1) is 23.4. The van der Waals surface area contributed by atoms with Gasteiger partial charge in [-0.15, -0.1) is 0 Å². The minimum Gasteiger partial charge on any atom is -0.436 e. The van der Waals surface area contributed by atoms with Gasteiger partial charge >= 0.3 is 6.09 Å². The van der Waals surface area contributed by atoms with Crippen LogP contribution in [0.4, 0.5) is 4.79 Å². The van der Waals surface area contributed by atoms with Crippen LogP contribution in [0.15, 0.2) is 30.3 Å². The lowest BCUT2D eigenvalue weighted by atomic mass is 10.1. The Balaban J connectivity index is 2.60. The van der Waals surface area contributed by atoms with Gasteiger partial charge in [0, 0.05) is 5.54 Å². The molecular weight excluding hydrogens is 358 g/mol. The highest BCUT2D eigenvalue weighted by atomic mass is 16.6. The second kappa shape index (κ2) is 11.3. The van der Waals surface area contributed by atoms with Gasteiger partial charge in [-0.2, -0.15) is 5.26 Å². The first-order valence-corrected chi connectivity index (χ1v) is 9.41. The van der Waals surface area contributed by atoms with Crippen LogP contribution in [-0.4, -0.2) is 36.3 Å². The highest BCUT2D eigenvalue weighted by Crippen LogP contribution is 2.11. The molecule has 0 radical (unpaired) electrons. The molecule has 0 aliphatic heterocycles. The predicted octanol–water partition coefficient (Wildman–Crippen LogP) is 3.15. The van der Waals surface area contributed by atoms with Gasteiger partial charge in [0.05, 0.1) is 19.3 Å². The Morgan fingerprint density at radius 2 is 1.82 bits per heavy atom. The van der Waals surface area contributed by atoms with E-state index in [-0.39, 0.29) is 12.5 Å². The zero-order valence-electron chi connectivity index (χ0n) is 17.3. The summed E-state index contributed by atoms with van der Waals surface area (Å²) in [5.41, 5.74) is 0.501. The molecule has 1 rings (SSSR count). The van der Waals surface area contributed by atoms with Gasteiger partial charge in [0.1, 0.15) is 6.04 Å². The SMILES string of the molecule is CC(C)CC(OC(=O)NC(C)(C)C)C(=O)NC(C#N)COCc1ccccc1. The third-order valence-electron chi connectivity index (χ3n) is 3.57. The van der Waals surface area contributed by atoms with Gasteiger partial charge in [-0.3, -0.25) is 4.79 Å². The van der Waals surface area contributed by atoms with Gasteiger partial charge in [-0.05, 0) is 38.7 Å². The maximum atomic E-state index is 12.6. The van der Waals surface area contributed by atoms with Gasteiger partial charge in [0.15, 0.2) is 6.10 Å². The van der Waals surface area contributed by atoms with Crippen molar-refractivity contribution in [1.82, 2.24) is 10.6 Å². The molecule has 2 atom stereocenters. The topological polar surface area (TPSA) is 100 Å². The molecule has 0 bridgehead atoms. The van der Waals surface area contributed by atoms with E-state index in [1.54, 1.807) is 0 Å². The summed E-state index contributed by atoms with van der Waals surface area (Å²) in [6.45, 7) is 9.70. The van der Waals surface area contributed by atoms with E-state index in [2.05, 4.69) is 10.6 Å². The normalized spacial score (nSPS) is 13.3. The molecule has 154 valence electrons. The molecule has 7 heteroatoms. The third kappa shape index (κ3) is 9.93. The van der Waals surface area contributed by atoms with E-state index in [0.29, 0.717) is 13.0 Å². The van der Waals surface area contributed by atoms with Gasteiger partial charge in [0.25, 0.3) is 5.91 Å². The highest BCUT2D eigenvalue weighted by molar-refractivity contribution is 5.84. The number of ether oxygens (including phenoxy) is 2. The number of carbonyl (C=O) groups is 2. The molecule has 28 heavy (non-hydrogen) atoms. The van der Waals surface area contributed by atoms with Gasteiger partial charge in [-0.1, -0.05) is 44.2 Å². The van der Waals surface area contributed by atoms with E-state index in [1.807, 2.05) is 71.0 Å². The number of nitriles is 1. The standard InChI is InChI=1S/C21H31N3O4/c1-15(2)11-18(28-20(26)24-21(3,4)5)19(25)23-17(12-22)14-27-13-16-9-7-6-8-10-16/h6-10,15,17-18H,11,13-14H2,1-5H3,(H,23,25)(H,24,26). The summed E-state index contributed by atoms with van der Waals surface area (Å²) < 4.78 is 10.8. The van der Waals surface area contributed by atoms with Crippen molar-refractivity contribution in [1.29, 1.82) is 5.26 Å². The Labute approximate surface area is 167 Å². The summed E-state index contributed by atoms with van der Waals surface area (Å²) in [7, 11) is 0. The highest BCUT2D eigenvalue weighted by Gasteiger charge is 2.27. The fourth-order valence-corrected chi connectivity index (χ4v) is 2.35. The summed E-state index contributed by atoms with van der Waals surface area (Å²) in [5.74, 6) is -0.374. The summed E-state index contributed by atoms with van der Waals surface area (Å²) in [4.78, 5) is 24.6. The molecule has 0 aromatic heterocycles. The van der Waals surface area contributed by atoms with Crippen LogP contribution in [-0.2, 0) is 20.9 Å². The second-order valence-corrected chi connectivity index (χ2v) is 8.09. The van der Waals surface area contributed by atoms with Crippen molar-refractivity contribution in [3.05, 3.63) is 35.9 Å². The molecule has 2 amide bonds. The summed E-state index contributed by atoms with van der Waals surface area (Å²) in [5, 5.41) is 14.6. The van der Waals surface area contributed by atoms with Crippen LogP contribution in [0, 0.1) is 17.2 Å². The molecule has 0 fully saturated rings. The molecule has 2 N–H and O–H groups in total. The van der Waals surface area contributed by atoms with E-state index in [0.717, 1.165) is 5.56 Å². The maximum absolute atomic E-state index is 12.6. The van der Waals surface area contributed by atoms with Crippen molar-refractivity contribution in [3.63, 3.8) is 0 Å². The van der Waals surface area contributed by atoms with Crippen molar-refractivity contribution in [2.24, 2.45) is 5.92 Å². The minimum atomic E-state index is -0.979. The molecular formula is C21H31N3O4. The van der Waals surface area contributed by atoms with E-state index in [1.165, 1.54) is 0 Å². The molecule has 7 nitrogen and oxygen atoms in total. The zero-order chi connectivity index (χ0) is 21.2. The van der Waals surface area contributed by atoms with Crippen LogP contribution in [0.2, 0.25) is 0 Å². The minimum absolute atomic E-state index is 0.0414. The molecule has 0 aliphatic rings. The molecule has 0 saturated carbocycles. The average molecular weight is 389 g/mol. The lowest BCUT2D eigenvalue weighted by molar-refractivity contribution is -0.131. The maximum Gasteiger partial charge on any atom is 0.408 e. The van der Waals surface area contributed by atoms with Crippen LogP contribution in [0.1, 0.15) is 46.6 Å². The molecule has 0 spiro atoms.